The summed E-state index contributed by atoms with van der Waals surface area (Å²) >= 11 is 5.39. The van der Waals surface area contributed by atoms with E-state index in [0.29, 0.717) is 0 Å². The number of H-pyrrole nitrogens is 1. The lowest BCUT2D eigenvalue weighted by atomic mass is 10.3. The van der Waals surface area contributed by atoms with Gasteiger partial charge in [0.05, 0.1) is 0 Å². The van der Waals surface area contributed by atoms with Crippen LogP contribution in [0.25, 0.3) is 0 Å². The van der Waals surface area contributed by atoms with Crippen molar-refractivity contribution < 1.29 is 22.0 Å². The Bertz CT molecular complexity index is 325. The van der Waals surface area contributed by atoms with E-state index in [1.54, 1.807) is 4.98 Å². The van der Waals surface area contributed by atoms with E-state index in [9.17, 15) is 22.0 Å². The third kappa shape index (κ3) is 1.92. The lowest BCUT2D eigenvalue weighted by Crippen LogP contribution is -2.34. The van der Waals surface area contributed by atoms with Crippen molar-refractivity contribution in [2.45, 2.75) is 12.1 Å². The van der Waals surface area contributed by atoms with Crippen LogP contribution in [0.3, 0.4) is 0 Å². The Morgan fingerprint density at radius 1 is 1.07 bits per heavy atom. The van der Waals surface area contributed by atoms with Gasteiger partial charge in [-0.15, -0.1) is 0 Å². The fraction of sp³-hybridized carbons (Fsp3) is 0.400. The van der Waals surface area contributed by atoms with Gasteiger partial charge >= 0.3 is 12.1 Å². The number of alkyl halides is 5. The second-order valence-corrected chi connectivity index (χ2v) is 3.81. The van der Waals surface area contributed by atoms with Crippen LogP contribution in [-0.2, 0) is 5.92 Å². The zero-order valence-electron chi connectivity index (χ0n) is 6.09. The van der Waals surface area contributed by atoms with Gasteiger partial charge in [-0.05, 0) is 31.9 Å². The summed E-state index contributed by atoms with van der Waals surface area (Å²) in [5.41, 5.74) is 0. The summed E-state index contributed by atoms with van der Waals surface area (Å²) in [7, 11) is 0. The van der Waals surface area contributed by atoms with Crippen molar-refractivity contribution >= 4 is 31.9 Å². The van der Waals surface area contributed by atoms with Crippen molar-refractivity contribution in [2.24, 2.45) is 0 Å². The van der Waals surface area contributed by atoms with E-state index in [1.807, 2.05) is 0 Å². The monoisotopic (exact) mass is 342 g/mol. The van der Waals surface area contributed by atoms with Crippen LogP contribution < -0.4 is 0 Å². The average molecular weight is 344 g/mol. The number of hydrogen-bond acceptors (Lipinski definition) is 1. The highest BCUT2D eigenvalue weighted by Crippen LogP contribution is 2.43. The molecule has 1 N–H and O–H groups in total. The molecule has 0 saturated carbocycles. The second kappa shape index (κ2) is 3.44. The number of imidazole rings is 1. The summed E-state index contributed by atoms with van der Waals surface area (Å²) in [6, 6.07) is 0. The Kier molecular flexibility index (Phi) is 2.92. The molecule has 1 rings (SSSR count). The lowest BCUT2D eigenvalue weighted by molar-refractivity contribution is -0.292. The van der Waals surface area contributed by atoms with Crippen LogP contribution in [0.15, 0.2) is 9.21 Å². The fourth-order valence-corrected chi connectivity index (χ4v) is 1.17. The molecule has 0 atom stereocenters. The molecule has 80 valence electrons. The first-order valence-electron chi connectivity index (χ1n) is 3.02. The van der Waals surface area contributed by atoms with Crippen LogP contribution in [0.1, 0.15) is 5.82 Å². The number of aromatic amines is 1. The topological polar surface area (TPSA) is 28.7 Å². The second-order valence-electron chi connectivity index (χ2n) is 2.26. The molecule has 1 aromatic rings. The van der Waals surface area contributed by atoms with Gasteiger partial charge in [0.15, 0.2) is 5.82 Å². The minimum atomic E-state index is -5.66. The molecule has 0 bridgehead atoms. The zero-order chi connectivity index (χ0) is 11.1. The van der Waals surface area contributed by atoms with Crippen LogP contribution in [-0.4, -0.2) is 16.1 Å². The van der Waals surface area contributed by atoms with Crippen molar-refractivity contribution in [1.82, 2.24) is 9.97 Å². The van der Waals surface area contributed by atoms with E-state index in [4.69, 9.17) is 0 Å². The SMILES string of the molecule is FC(F)(F)C(F)(F)c1nc(Br)c(Br)[nH]1. The van der Waals surface area contributed by atoms with Gasteiger partial charge in [-0.25, -0.2) is 4.98 Å². The summed E-state index contributed by atoms with van der Waals surface area (Å²) in [6.45, 7) is 0. The lowest BCUT2D eigenvalue weighted by Gasteiger charge is -2.16. The van der Waals surface area contributed by atoms with Crippen LogP contribution in [0.2, 0.25) is 0 Å². The van der Waals surface area contributed by atoms with Gasteiger partial charge < -0.3 is 4.98 Å². The number of aromatic nitrogens is 2. The smallest absolute Gasteiger partial charge is 0.330 e. The Morgan fingerprint density at radius 3 is 1.86 bits per heavy atom. The van der Waals surface area contributed by atoms with E-state index < -0.39 is 17.9 Å². The molecule has 9 heteroatoms. The first-order valence-corrected chi connectivity index (χ1v) is 4.61. The maximum Gasteiger partial charge on any atom is 0.461 e. The van der Waals surface area contributed by atoms with E-state index in [0.717, 1.165) is 0 Å². The highest BCUT2D eigenvalue weighted by molar-refractivity contribution is 9.13. The van der Waals surface area contributed by atoms with E-state index in [2.05, 4.69) is 36.8 Å². The van der Waals surface area contributed by atoms with E-state index >= 15 is 0 Å². The molecule has 0 amide bonds. The molecular formula is C5HBr2F5N2. The molecule has 0 spiro atoms. The van der Waals surface area contributed by atoms with Crippen LogP contribution in [0, 0.1) is 0 Å². The molecule has 0 fully saturated rings. The highest BCUT2D eigenvalue weighted by atomic mass is 79.9. The standard InChI is InChI=1S/C5HBr2F5N2/c6-1-2(7)14-3(13-1)4(8,9)5(10,11)12/h(H,13,14). The minimum absolute atomic E-state index is 0.0728. The summed E-state index contributed by atoms with van der Waals surface area (Å²) < 4.78 is 60.4. The molecule has 1 aromatic heterocycles. The van der Waals surface area contributed by atoms with E-state index in [1.165, 1.54) is 0 Å². The molecule has 0 aliphatic carbocycles. The molecule has 14 heavy (non-hydrogen) atoms. The Morgan fingerprint density at radius 2 is 1.57 bits per heavy atom. The van der Waals surface area contributed by atoms with Gasteiger partial charge in [-0.2, -0.15) is 22.0 Å². The maximum atomic E-state index is 12.6. The Labute approximate surface area is 91.2 Å². The molecular weight excluding hydrogens is 343 g/mol. The van der Waals surface area contributed by atoms with Crippen LogP contribution in [0.5, 0.6) is 0 Å². The number of nitrogens with zero attached hydrogens (tertiary/aromatic N) is 1. The molecule has 0 unspecified atom stereocenters. The van der Waals surface area contributed by atoms with Crippen molar-refractivity contribution in [2.75, 3.05) is 0 Å². The highest BCUT2D eigenvalue weighted by Gasteiger charge is 2.61. The quantitative estimate of drug-likeness (QED) is 0.776. The third-order valence-electron chi connectivity index (χ3n) is 1.27. The van der Waals surface area contributed by atoms with Gasteiger partial charge in [0, 0.05) is 0 Å². The Balaban J connectivity index is 3.16. The molecule has 0 aromatic carbocycles. The van der Waals surface area contributed by atoms with Gasteiger partial charge in [0.25, 0.3) is 0 Å². The molecule has 0 radical (unpaired) electrons. The summed E-state index contributed by atoms with van der Waals surface area (Å²) in [4.78, 5) is 4.77. The minimum Gasteiger partial charge on any atom is -0.330 e. The normalized spacial score (nSPS) is 13.4. The Hall–Kier alpha value is -0.180. The average Bonchev–Trinajstić information content (AvgIpc) is 2.30. The third-order valence-corrected chi connectivity index (χ3v) is 2.95. The number of nitrogens with one attached hydrogen (secondary N) is 1. The first-order chi connectivity index (χ1) is 6.16. The number of hydrogen-bond donors (Lipinski definition) is 1. The molecule has 2 nitrogen and oxygen atoms in total. The maximum absolute atomic E-state index is 12.6. The van der Waals surface area contributed by atoms with Gasteiger partial charge in [0.1, 0.15) is 9.21 Å². The van der Waals surface area contributed by atoms with Crippen molar-refractivity contribution in [1.29, 1.82) is 0 Å². The zero-order valence-corrected chi connectivity index (χ0v) is 9.26. The fourth-order valence-electron chi connectivity index (χ4n) is 0.614. The van der Waals surface area contributed by atoms with Crippen molar-refractivity contribution in [3.8, 4) is 0 Å². The number of rotatable bonds is 1. The van der Waals surface area contributed by atoms with Gasteiger partial charge in [-0.1, -0.05) is 0 Å². The first kappa shape index (κ1) is 11.9. The molecule has 0 saturated heterocycles. The summed E-state index contributed by atoms with van der Waals surface area (Å²) in [5.74, 6) is -6.44. The molecule has 0 aliphatic heterocycles. The molecule has 0 aliphatic rings. The molecule has 1 heterocycles. The van der Waals surface area contributed by atoms with Crippen LogP contribution >= 0.6 is 31.9 Å². The van der Waals surface area contributed by atoms with Crippen molar-refractivity contribution in [3.63, 3.8) is 0 Å². The predicted octanol–water partition coefficient (Wildman–Crippen LogP) is 3.59. The largest absolute Gasteiger partial charge is 0.461 e. The van der Waals surface area contributed by atoms with Gasteiger partial charge in [0.2, 0.25) is 0 Å². The number of halogens is 7. The predicted molar refractivity (Wildman–Crippen MR) is 43.9 cm³/mol. The van der Waals surface area contributed by atoms with E-state index in [-0.39, 0.29) is 9.21 Å². The van der Waals surface area contributed by atoms with Crippen LogP contribution in [0.4, 0.5) is 22.0 Å². The van der Waals surface area contributed by atoms with Gasteiger partial charge in [-0.3, -0.25) is 0 Å². The summed E-state index contributed by atoms with van der Waals surface area (Å²) in [6.07, 6.45) is -5.66. The summed E-state index contributed by atoms with van der Waals surface area (Å²) in [5, 5.41) is 0. The van der Waals surface area contributed by atoms with Crippen molar-refractivity contribution in [3.05, 3.63) is 15.0 Å².